The van der Waals surface area contributed by atoms with Gasteiger partial charge in [0, 0.05) is 35.8 Å². The first-order valence-electron chi connectivity index (χ1n) is 11.1. The molecule has 1 aliphatic heterocycles. The Morgan fingerprint density at radius 1 is 1.06 bits per heavy atom. The first kappa shape index (κ1) is 21.7. The highest BCUT2D eigenvalue weighted by Gasteiger charge is 2.30. The van der Waals surface area contributed by atoms with Crippen molar-refractivity contribution in [3.63, 3.8) is 0 Å². The standard InChI is InChI=1S/C23H24FN5O3S/c24-19-11-8-17(14-20(19)33(31,32)29-12-2-1-3-13-29)23(30)25-18-9-6-16(7-10-18)22-26-21(27-28-22)15-4-5-15/h6-11,14-15H,1-5,12-13H2,(H,25,30)(H,26,27,28). The normalized spacial score (nSPS) is 17.1. The van der Waals surface area contributed by atoms with E-state index in [9.17, 15) is 17.6 Å². The monoisotopic (exact) mass is 469 g/mol. The van der Waals surface area contributed by atoms with Gasteiger partial charge in [-0.3, -0.25) is 9.89 Å². The SMILES string of the molecule is O=C(Nc1ccc(-c2n[nH]c(C3CC3)n2)cc1)c1ccc(F)c(S(=O)(=O)N2CCCCC2)c1. The molecule has 0 atom stereocenters. The third kappa shape index (κ3) is 4.53. The highest BCUT2D eigenvalue weighted by molar-refractivity contribution is 7.89. The molecule has 10 heteroatoms. The molecule has 3 aromatic rings. The molecule has 0 radical (unpaired) electrons. The second-order valence-electron chi connectivity index (χ2n) is 8.46. The number of hydrogen-bond acceptors (Lipinski definition) is 5. The number of nitrogens with one attached hydrogen (secondary N) is 2. The van der Waals surface area contributed by atoms with Crippen LogP contribution in [0.15, 0.2) is 47.4 Å². The molecule has 2 heterocycles. The lowest BCUT2D eigenvalue weighted by Gasteiger charge is -2.26. The molecule has 0 spiro atoms. The van der Waals surface area contributed by atoms with E-state index in [0.29, 0.717) is 30.5 Å². The maximum Gasteiger partial charge on any atom is 0.255 e. The molecule has 1 saturated carbocycles. The topological polar surface area (TPSA) is 108 Å². The van der Waals surface area contributed by atoms with E-state index in [-0.39, 0.29) is 5.56 Å². The quantitative estimate of drug-likeness (QED) is 0.569. The fourth-order valence-electron chi connectivity index (χ4n) is 3.94. The van der Waals surface area contributed by atoms with Gasteiger partial charge in [0.15, 0.2) is 5.82 Å². The van der Waals surface area contributed by atoms with E-state index < -0.39 is 26.6 Å². The number of carbonyl (C=O) groups excluding carboxylic acids is 1. The molecule has 33 heavy (non-hydrogen) atoms. The summed E-state index contributed by atoms with van der Waals surface area (Å²) in [6, 6.07) is 10.4. The summed E-state index contributed by atoms with van der Waals surface area (Å²) in [7, 11) is -4.00. The van der Waals surface area contributed by atoms with Gasteiger partial charge in [-0.1, -0.05) is 6.42 Å². The smallest absolute Gasteiger partial charge is 0.255 e. The van der Waals surface area contributed by atoms with Crippen molar-refractivity contribution in [2.24, 2.45) is 0 Å². The van der Waals surface area contributed by atoms with Crippen molar-refractivity contribution in [2.45, 2.75) is 42.9 Å². The van der Waals surface area contributed by atoms with E-state index in [4.69, 9.17) is 0 Å². The minimum Gasteiger partial charge on any atom is -0.322 e. The van der Waals surface area contributed by atoms with Crippen molar-refractivity contribution in [3.05, 3.63) is 59.7 Å². The molecular weight excluding hydrogens is 445 g/mol. The third-order valence-corrected chi connectivity index (χ3v) is 7.91. The number of carbonyl (C=O) groups is 1. The van der Waals surface area contributed by atoms with Crippen LogP contribution in [0, 0.1) is 5.82 Å². The molecule has 2 N–H and O–H groups in total. The number of nitrogens with zero attached hydrogens (tertiary/aromatic N) is 3. The molecule has 2 fully saturated rings. The summed E-state index contributed by atoms with van der Waals surface area (Å²) in [5, 5.41) is 9.94. The molecule has 2 aromatic carbocycles. The minimum atomic E-state index is -4.00. The fraction of sp³-hybridized carbons (Fsp3) is 0.348. The van der Waals surface area contributed by atoms with Crippen molar-refractivity contribution in [1.29, 1.82) is 0 Å². The van der Waals surface area contributed by atoms with Crippen LogP contribution in [-0.4, -0.2) is 46.9 Å². The molecule has 8 nitrogen and oxygen atoms in total. The number of rotatable bonds is 6. The highest BCUT2D eigenvalue weighted by atomic mass is 32.2. The zero-order valence-corrected chi connectivity index (χ0v) is 18.7. The van der Waals surface area contributed by atoms with Gasteiger partial charge in [0.05, 0.1) is 0 Å². The summed E-state index contributed by atoms with van der Waals surface area (Å²) in [5.74, 6) is 0.587. The Kier molecular flexibility index (Phi) is 5.71. The van der Waals surface area contributed by atoms with Crippen molar-refractivity contribution in [2.75, 3.05) is 18.4 Å². The van der Waals surface area contributed by atoms with E-state index >= 15 is 0 Å². The van der Waals surface area contributed by atoms with E-state index in [0.717, 1.165) is 55.6 Å². The second-order valence-corrected chi connectivity index (χ2v) is 10.4. The fourth-order valence-corrected chi connectivity index (χ4v) is 5.54. The average molecular weight is 470 g/mol. The van der Waals surface area contributed by atoms with Gasteiger partial charge in [-0.25, -0.2) is 17.8 Å². The number of aromatic amines is 1. The Bertz CT molecular complexity index is 1280. The van der Waals surface area contributed by atoms with Crippen molar-refractivity contribution in [1.82, 2.24) is 19.5 Å². The molecule has 2 aliphatic rings. The molecule has 1 aromatic heterocycles. The molecule has 1 aliphatic carbocycles. The van der Waals surface area contributed by atoms with E-state index in [1.165, 1.54) is 10.4 Å². The number of aromatic nitrogens is 3. The second kappa shape index (κ2) is 8.68. The van der Waals surface area contributed by atoms with Crippen LogP contribution in [0.4, 0.5) is 10.1 Å². The molecule has 5 rings (SSSR count). The summed E-state index contributed by atoms with van der Waals surface area (Å²) in [6.07, 6.45) is 4.70. The third-order valence-electron chi connectivity index (χ3n) is 5.99. The Labute approximate surface area is 191 Å². The Morgan fingerprint density at radius 2 is 1.79 bits per heavy atom. The molecular formula is C23H24FN5O3S. The number of piperidine rings is 1. The van der Waals surface area contributed by atoms with Gasteiger partial charge in [0.25, 0.3) is 5.91 Å². The van der Waals surface area contributed by atoms with E-state index in [1.54, 1.807) is 24.3 Å². The molecule has 0 bridgehead atoms. The van der Waals surface area contributed by atoms with Gasteiger partial charge < -0.3 is 5.32 Å². The van der Waals surface area contributed by atoms with Gasteiger partial charge in [-0.05, 0) is 68.1 Å². The number of sulfonamides is 1. The van der Waals surface area contributed by atoms with Gasteiger partial charge in [0.2, 0.25) is 10.0 Å². The van der Waals surface area contributed by atoms with Crippen LogP contribution in [0.3, 0.4) is 0 Å². The summed E-state index contributed by atoms with van der Waals surface area (Å²) in [5.41, 5.74) is 1.40. The Balaban J connectivity index is 1.31. The van der Waals surface area contributed by atoms with E-state index in [2.05, 4.69) is 20.5 Å². The lowest BCUT2D eigenvalue weighted by Crippen LogP contribution is -2.36. The Hall–Kier alpha value is -3.11. The molecule has 1 saturated heterocycles. The lowest BCUT2D eigenvalue weighted by molar-refractivity contribution is 0.102. The molecule has 172 valence electrons. The number of hydrogen-bond donors (Lipinski definition) is 2. The summed E-state index contributed by atoms with van der Waals surface area (Å²) >= 11 is 0. The number of amides is 1. The maximum absolute atomic E-state index is 14.4. The first-order valence-corrected chi connectivity index (χ1v) is 12.5. The van der Waals surface area contributed by atoms with Crippen LogP contribution in [-0.2, 0) is 10.0 Å². The molecule has 1 amide bonds. The Morgan fingerprint density at radius 3 is 2.48 bits per heavy atom. The van der Waals surface area contributed by atoms with Crippen molar-refractivity contribution < 1.29 is 17.6 Å². The van der Waals surface area contributed by atoms with Crippen LogP contribution in [0.5, 0.6) is 0 Å². The van der Waals surface area contributed by atoms with Crippen molar-refractivity contribution in [3.8, 4) is 11.4 Å². The largest absolute Gasteiger partial charge is 0.322 e. The molecule has 0 unspecified atom stereocenters. The van der Waals surface area contributed by atoms with Crippen LogP contribution in [0.1, 0.15) is 54.2 Å². The predicted octanol–water partition coefficient (Wildman–Crippen LogP) is 3.92. The summed E-state index contributed by atoms with van der Waals surface area (Å²) < 4.78 is 41.5. The number of halogens is 1. The number of anilines is 1. The minimum absolute atomic E-state index is 0.0686. The van der Waals surface area contributed by atoms with Gasteiger partial charge in [0.1, 0.15) is 16.5 Å². The highest BCUT2D eigenvalue weighted by Crippen LogP contribution is 2.38. The van der Waals surface area contributed by atoms with Crippen LogP contribution in [0.2, 0.25) is 0 Å². The summed E-state index contributed by atoms with van der Waals surface area (Å²) in [4.78, 5) is 16.8. The summed E-state index contributed by atoms with van der Waals surface area (Å²) in [6.45, 7) is 0.717. The zero-order chi connectivity index (χ0) is 23.0. The van der Waals surface area contributed by atoms with Crippen LogP contribution in [0.25, 0.3) is 11.4 Å². The maximum atomic E-state index is 14.4. The van der Waals surface area contributed by atoms with Gasteiger partial charge in [-0.15, -0.1) is 0 Å². The first-order chi connectivity index (χ1) is 15.9. The van der Waals surface area contributed by atoms with Crippen molar-refractivity contribution >= 4 is 21.6 Å². The van der Waals surface area contributed by atoms with E-state index in [1.807, 2.05) is 0 Å². The van der Waals surface area contributed by atoms with Crippen LogP contribution >= 0.6 is 0 Å². The zero-order valence-electron chi connectivity index (χ0n) is 17.9. The predicted molar refractivity (Wildman–Crippen MR) is 121 cm³/mol. The lowest BCUT2D eigenvalue weighted by atomic mass is 10.1. The van der Waals surface area contributed by atoms with Gasteiger partial charge >= 0.3 is 0 Å². The average Bonchev–Trinajstić information content (AvgIpc) is 3.57. The number of H-pyrrole nitrogens is 1. The van der Waals surface area contributed by atoms with Crippen LogP contribution < -0.4 is 5.32 Å². The number of benzene rings is 2. The van der Waals surface area contributed by atoms with Gasteiger partial charge in [-0.2, -0.15) is 9.40 Å².